The Morgan fingerprint density at radius 1 is 1.40 bits per heavy atom. The normalized spacial score (nSPS) is 28.4. The van der Waals surface area contributed by atoms with Crippen LogP contribution in [0.2, 0.25) is 0 Å². The fraction of sp³-hybridized carbons (Fsp3) is 0.667. The van der Waals surface area contributed by atoms with Crippen LogP contribution in [0.15, 0.2) is 10.5 Å². The first-order valence-electron chi connectivity index (χ1n) is 12.6. The van der Waals surface area contributed by atoms with Crippen molar-refractivity contribution < 1.29 is 38.6 Å². The number of β-lactam (4-membered cyclic amide) rings is 1. The van der Waals surface area contributed by atoms with Gasteiger partial charge in [-0.05, 0) is 38.9 Å². The van der Waals surface area contributed by atoms with Crippen LogP contribution >= 0.6 is 34.9 Å². The van der Waals surface area contributed by atoms with E-state index in [1.807, 2.05) is 0 Å². The number of thiazole rings is 1. The van der Waals surface area contributed by atoms with Crippen molar-refractivity contribution in [1.82, 2.24) is 15.2 Å². The van der Waals surface area contributed by atoms with Gasteiger partial charge in [0.2, 0.25) is 5.91 Å². The number of fused-ring (bicyclic) bond motifs is 1. The van der Waals surface area contributed by atoms with Crippen molar-refractivity contribution in [3.8, 4) is 0 Å². The van der Waals surface area contributed by atoms with Crippen molar-refractivity contribution in [2.24, 2.45) is 16.5 Å². The molecule has 0 aliphatic carbocycles. The van der Waals surface area contributed by atoms with Crippen molar-refractivity contribution >= 4 is 69.5 Å². The van der Waals surface area contributed by atoms with E-state index in [2.05, 4.69) is 15.5 Å². The SMILES string of the molecule is CON=C(C(=O)NC1C(=O)N2CC(SCC3CCOC3)(C(=O)O)C(COC(=O)C(C)(C)C)S[C@H]12)c1csc(N)n1. The molecule has 3 aliphatic rings. The summed E-state index contributed by atoms with van der Waals surface area (Å²) in [6.07, 6.45) is 0.828. The fourth-order valence-corrected chi connectivity index (χ4v) is 8.31. The van der Waals surface area contributed by atoms with Gasteiger partial charge in [0, 0.05) is 18.5 Å². The van der Waals surface area contributed by atoms with Gasteiger partial charge >= 0.3 is 11.9 Å². The van der Waals surface area contributed by atoms with Crippen LogP contribution < -0.4 is 11.1 Å². The minimum atomic E-state index is -1.42. The lowest BCUT2D eigenvalue weighted by Gasteiger charge is -2.56. The molecule has 0 spiro atoms. The molecule has 40 heavy (non-hydrogen) atoms. The molecule has 3 fully saturated rings. The monoisotopic (exact) mass is 615 g/mol. The number of aromatic nitrogens is 1. The predicted octanol–water partition coefficient (Wildman–Crippen LogP) is 1.03. The predicted molar refractivity (Wildman–Crippen MR) is 151 cm³/mol. The number of nitrogens with one attached hydrogen (secondary N) is 1. The molecule has 0 aromatic carbocycles. The van der Waals surface area contributed by atoms with Crippen molar-refractivity contribution in [3.05, 3.63) is 11.1 Å². The highest BCUT2D eigenvalue weighted by molar-refractivity contribution is 8.05. The van der Waals surface area contributed by atoms with E-state index in [4.69, 9.17) is 20.0 Å². The van der Waals surface area contributed by atoms with Gasteiger partial charge < -0.3 is 35.4 Å². The summed E-state index contributed by atoms with van der Waals surface area (Å²) in [6, 6.07) is -0.948. The maximum atomic E-state index is 13.2. The topological polar surface area (TPSA) is 183 Å². The van der Waals surface area contributed by atoms with Gasteiger partial charge in [0.15, 0.2) is 10.8 Å². The van der Waals surface area contributed by atoms with Crippen molar-refractivity contribution in [1.29, 1.82) is 0 Å². The maximum absolute atomic E-state index is 13.2. The van der Waals surface area contributed by atoms with Crippen LogP contribution in [0, 0.1) is 11.3 Å². The lowest BCUT2D eigenvalue weighted by molar-refractivity contribution is -0.157. The van der Waals surface area contributed by atoms with E-state index in [1.165, 1.54) is 35.5 Å². The van der Waals surface area contributed by atoms with E-state index in [9.17, 15) is 24.3 Å². The first-order valence-corrected chi connectivity index (χ1v) is 15.4. The molecule has 4 rings (SSSR count). The van der Waals surface area contributed by atoms with E-state index < -0.39 is 50.6 Å². The van der Waals surface area contributed by atoms with Crippen molar-refractivity contribution in [2.75, 3.05) is 45.0 Å². The molecular formula is C24H33N5O8S3. The summed E-state index contributed by atoms with van der Waals surface area (Å²) in [5.74, 6) is -1.93. The Morgan fingerprint density at radius 3 is 2.73 bits per heavy atom. The van der Waals surface area contributed by atoms with Crippen LogP contribution in [0.25, 0.3) is 0 Å². The van der Waals surface area contributed by atoms with E-state index in [0.717, 1.165) is 17.8 Å². The van der Waals surface area contributed by atoms with Crippen LogP contribution in [0.4, 0.5) is 5.13 Å². The third kappa shape index (κ3) is 6.19. The largest absolute Gasteiger partial charge is 0.480 e. The molecule has 4 heterocycles. The molecule has 3 aliphatic heterocycles. The molecule has 4 N–H and O–H groups in total. The van der Waals surface area contributed by atoms with Gasteiger partial charge in [-0.15, -0.1) is 34.9 Å². The first-order chi connectivity index (χ1) is 18.9. The summed E-state index contributed by atoms with van der Waals surface area (Å²) in [6.45, 7) is 6.08. The number of oxime groups is 1. The van der Waals surface area contributed by atoms with Crippen LogP contribution in [0.1, 0.15) is 32.9 Å². The molecule has 220 valence electrons. The summed E-state index contributed by atoms with van der Waals surface area (Å²) in [5.41, 5.74) is 4.97. The van der Waals surface area contributed by atoms with Crippen molar-refractivity contribution in [3.63, 3.8) is 0 Å². The molecule has 0 saturated carbocycles. The number of aliphatic carboxylic acids is 1. The summed E-state index contributed by atoms with van der Waals surface area (Å²) in [5, 5.41) is 17.4. The molecule has 1 aromatic heterocycles. The van der Waals surface area contributed by atoms with Gasteiger partial charge in [0.05, 0.1) is 17.3 Å². The maximum Gasteiger partial charge on any atom is 0.322 e. The molecule has 4 unspecified atom stereocenters. The van der Waals surface area contributed by atoms with E-state index >= 15 is 0 Å². The Kier molecular flexibility index (Phi) is 9.21. The summed E-state index contributed by atoms with van der Waals surface area (Å²) in [4.78, 5) is 62.1. The third-order valence-electron chi connectivity index (χ3n) is 6.76. The standard InChI is InChI=1S/C24H33N5O8S3/c1-23(2,3)21(34)37-8-14-24(20(32)33,39-9-12-5-6-36-7-12)11-29-18(31)16(19(29)40-14)27-17(30)15(28-35-4)13-10-38-22(25)26-13/h10,12,14,16,19H,5-9,11H2,1-4H3,(H2,25,26)(H,27,30)(H,32,33)/t12?,14?,16?,19-,24?/m1/s1. The van der Waals surface area contributed by atoms with Gasteiger partial charge in [0.1, 0.15) is 35.6 Å². The number of carboxylic acid groups (broad SMARTS) is 1. The molecular weight excluding hydrogens is 582 g/mol. The molecule has 0 radical (unpaired) electrons. The number of ether oxygens (including phenoxy) is 2. The average Bonchev–Trinajstić information content (AvgIpc) is 3.58. The number of nitrogen functional groups attached to an aromatic ring is 1. The van der Waals surface area contributed by atoms with Crippen LogP contribution in [0.3, 0.4) is 0 Å². The number of rotatable bonds is 10. The molecule has 16 heteroatoms. The van der Waals surface area contributed by atoms with E-state index in [0.29, 0.717) is 19.0 Å². The Bertz CT molecular complexity index is 1180. The number of hydrogen-bond acceptors (Lipinski definition) is 13. The Hall–Kier alpha value is -2.56. The number of amides is 2. The zero-order valence-corrected chi connectivity index (χ0v) is 25.0. The minimum absolute atomic E-state index is 0.0944. The lowest BCUT2D eigenvalue weighted by atomic mass is 9.96. The zero-order chi connectivity index (χ0) is 29.2. The smallest absolute Gasteiger partial charge is 0.322 e. The second kappa shape index (κ2) is 12.1. The second-order valence-corrected chi connectivity index (χ2v) is 14.3. The summed E-state index contributed by atoms with van der Waals surface area (Å²) >= 11 is 3.59. The number of hydrogen-bond donors (Lipinski definition) is 3. The summed E-state index contributed by atoms with van der Waals surface area (Å²) in [7, 11) is 1.28. The molecule has 2 amide bonds. The van der Waals surface area contributed by atoms with Crippen LogP contribution in [-0.2, 0) is 33.5 Å². The molecule has 0 bridgehead atoms. The quantitative estimate of drug-likeness (QED) is 0.147. The fourth-order valence-electron chi connectivity index (χ4n) is 4.44. The second-order valence-electron chi connectivity index (χ2n) is 10.7. The molecule has 13 nitrogen and oxygen atoms in total. The number of anilines is 1. The average molecular weight is 616 g/mol. The Morgan fingerprint density at radius 2 is 2.15 bits per heavy atom. The number of nitrogens with two attached hydrogens (primary N) is 1. The lowest BCUT2D eigenvalue weighted by Crippen LogP contribution is -2.76. The summed E-state index contributed by atoms with van der Waals surface area (Å²) < 4.78 is 9.63. The number of carbonyl (C=O) groups is 4. The Balaban J connectivity index is 1.54. The first kappa shape index (κ1) is 30.4. The molecule has 3 saturated heterocycles. The number of esters is 1. The number of carboxylic acids is 1. The molecule has 1 aromatic rings. The van der Waals surface area contributed by atoms with Crippen LogP contribution in [-0.4, -0.2) is 105 Å². The zero-order valence-electron chi connectivity index (χ0n) is 22.6. The van der Waals surface area contributed by atoms with Gasteiger partial charge in [-0.2, -0.15) is 0 Å². The van der Waals surface area contributed by atoms with Gasteiger partial charge in [-0.3, -0.25) is 19.2 Å². The highest BCUT2D eigenvalue weighted by Crippen LogP contribution is 2.49. The van der Waals surface area contributed by atoms with Crippen molar-refractivity contribution in [2.45, 2.75) is 48.6 Å². The van der Waals surface area contributed by atoms with E-state index in [-0.39, 0.29) is 35.6 Å². The Labute approximate surface area is 243 Å². The number of thioether (sulfide) groups is 2. The highest BCUT2D eigenvalue weighted by atomic mass is 32.2. The van der Waals surface area contributed by atoms with Crippen LogP contribution in [0.5, 0.6) is 0 Å². The minimum Gasteiger partial charge on any atom is -0.480 e. The van der Waals surface area contributed by atoms with Gasteiger partial charge in [-0.1, -0.05) is 5.16 Å². The highest BCUT2D eigenvalue weighted by Gasteiger charge is 2.62. The third-order valence-corrected chi connectivity index (χ3v) is 11.0. The van der Waals surface area contributed by atoms with Gasteiger partial charge in [0.25, 0.3) is 5.91 Å². The number of nitrogens with zero attached hydrogens (tertiary/aromatic N) is 3. The van der Waals surface area contributed by atoms with E-state index in [1.54, 1.807) is 26.2 Å². The number of carbonyl (C=O) groups excluding carboxylic acids is 3. The molecule has 5 atom stereocenters. The van der Waals surface area contributed by atoms with Gasteiger partial charge in [-0.25, -0.2) is 4.98 Å².